The summed E-state index contributed by atoms with van der Waals surface area (Å²) in [6.45, 7) is 6.25. The first-order valence-corrected chi connectivity index (χ1v) is 6.50. The molecule has 104 valence electrons. The topological polar surface area (TPSA) is 68.0 Å². The number of hydrogen-bond acceptors (Lipinski definition) is 3. The summed E-state index contributed by atoms with van der Waals surface area (Å²) in [4.78, 5) is 16.4. The Morgan fingerprint density at radius 1 is 1.20 bits per heavy atom. The minimum atomic E-state index is -0.159. The zero-order valence-electron chi connectivity index (χ0n) is 12.0. The van der Waals surface area contributed by atoms with Gasteiger partial charge in [-0.25, -0.2) is 0 Å². The van der Waals surface area contributed by atoms with E-state index in [1.54, 1.807) is 12.3 Å². The van der Waals surface area contributed by atoms with Crippen LogP contribution in [0.4, 0.5) is 11.4 Å². The normalized spacial score (nSPS) is 11.2. The lowest BCUT2D eigenvalue weighted by atomic mass is 9.83. The fourth-order valence-electron chi connectivity index (χ4n) is 2.05. The number of aromatic nitrogens is 1. The molecule has 0 radical (unpaired) electrons. The lowest BCUT2D eigenvalue weighted by molar-refractivity contribution is 0.102. The smallest absolute Gasteiger partial charge is 0.256 e. The zero-order chi connectivity index (χ0) is 14.8. The van der Waals surface area contributed by atoms with Gasteiger partial charge in [0.05, 0.1) is 17.6 Å². The van der Waals surface area contributed by atoms with Crippen molar-refractivity contribution in [2.75, 3.05) is 11.1 Å². The first-order valence-electron chi connectivity index (χ1n) is 6.50. The van der Waals surface area contributed by atoms with E-state index in [1.165, 1.54) is 6.20 Å². The van der Waals surface area contributed by atoms with Crippen LogP contribution in [0.15, 0.2) is 42.7 Å². The van der Waals surface area contributed by atoms with Gasteiger partial charge in [-0.1, -0.05) is 39.0 Å². The molecule has 1 aromatic heterocycles. The van der Waals surface area contributed by atoms with Crippen LogP contribution in [-0.2, 0) is 5.41 Å². The monoisotopic (exact) mass is 269 g/mol. The van der Waals surface area contributed by atoms with Crippen LogP contribution < -0.4 is 11.1 Å². The van der Waals surface area contributed by atoms with Crippen LogP contribution in [0.3, 0.4) is 0 Å². The number of hydrogen-bond donors (Lipinski definition) is 2. The van der Waals surface area contributed by atoms with Crippen molar-refractivity contribution in [2.24, 2.45) is 0 Å². The van der Waals surface area contributed by atoms with Crippen LogP contribution in [-0.4, -0.2) is 10.9 Å². The van der Waals surface area contributed by atoms with Gasteiger partial charge >= 0.3 is 0 Å². The number of carbonyl (C=O) groups excluding carboxylic acids is 1. The van der Waals surface area contributed by atoms with Gasteiger partial charge in [0.25, 0.3) is 5.91 Å². The fourth-order valence-corrected chi connectivity index (χ4v) is 2.05. The molecule has 1 aromatic carbocycles. The van der Waals surface area contributed by atoms with Gasteiger partial charge in [0, 0.05) is 11.8 Å². The summed E-state index contributed by atoms with van der Waals surface area (Å²) < 4.78 is 0. The predicted molar refractivity (Wildman–Crippen MR) is 81.7 cm³/mol. The van der Waals surface area contributed by atoms with E-state index in [2.05, 4.69) is 31.1 Å². The summed E-state index contributed by atoms with van der Waals surface area (Å²) >= 11 is 0. The van der Waals surface area contributed by atoms with Crippen LogP contribution in [0.5, 0.6) is 0 Å². The summed E-state index contributed by atoms with van der Waals surface area (Å²) in [6, 6.07) is 9.29. The average Bonchev–Trinajstić information content (AvgIpc) is 2.40. The van der Waals surface area contributed by atoms with Crippen molar-refractivity contribution in [3.8, 4) is 0 Å². The van der Waals surface area contributed by atoms with Crippen molar-refractivity contribution in [3.63, 3.8) is 0 Å². The van der Waals surface area contributed by atoms with E-state index < -0.39 is 0 Å². The first-order chi connectivity index (χ1) is 9.39. The second-order valence-electron chi connectivity index (χ2n) is 5.71. The minimum absolute atomic E-state index is 0.0995. The van der Waals surface area contributed by atoms with E-state index in [9.17, 15) is 4.79 Å². The van der Waals surface area contributed by atoms with Crippen LogP contribution in [0.1, 0.15) is 36.7 Å². The van der Waals surface area contributed by atoms with E-state index in [1.807, 2.05) is 24.3 Å². The first kappa shape index (κ1) is 14.1. The maximum Gasteiger partial charge on any atom is 0.256 e. The number of carbonyl (C=O) groups is 1. The van der Waals surface area contributed by atoms with Crippen molar-refractivity contribution >= 4 is 17.3 Å². The van der Waals surface area contributed by atoms with Crippen LogP contribution in [0.25, 0.3) is 0 Å². The molecule has 1 amide bonds. The molecule has 0 atom stereocenters. The van der Waals surface area contributed by atoms with Crippen molar-refractivity contribution in [3.05, 3.63) is 53.9 Å². The summed E-state index contributed by atoms with van der Waals surface area (Å²) in [7, 11) is 0. The van der Waals surface area contributed by atoms with Gasteiger partial charge in [-0.05, 0) is 23.1 Å². The Morgan fingerprint density at radius 3 is 2.55 bits per heavy atom. The molecule has 0 saturated heterocycles. The number of nitrogens with two attached hydrogens (primary N) is 1. The molecular weight excluding hydrogens is 250 g/mol. The van der Waals surface area contributed by atoms with Crippen molar-refractivity contribution in [1.82, 2.24) is 4.98 Å². The van der Waals surface area contributed by atoms with E-state index >= 15 is 0 Å². The Balaban J connectivity index is 2.34. The standard InChI is InChI=1S/C16H19N3O/c1-16(2,3)12-7-5-4-6-11(12)15(20)19-14-8-9-18-10-13(14)17/h4-10H,17H2,1-3H3,(H,18,19,20). The predicted octanol–water partition coefficient (Wildman–Crippen LogP) is 3.21. The molecule has 0 saturated carbocycles. The third-order valence-electron chi connectivity index (χ3n) is 3.08. The summed E-state index contributed by atoms with van der Waals surface area (Å²) in [5, 5.41) is 2.84. The Hall–Kier alpha value is -2.36. The Morgan fingerprint density at radius 2 is 1.90 bits per heavy atom. The second kappa shape index (κ2) is 5.33. The van der Waals surface area contributed by atoms with E-state index in [4.69, 9.17) is 5.73 Å². The van der Waals surface area contributed by atoms with E-state index in [0.717, 1.165) is 5.56 Å². The maximum atomic E-state index is 12.4. The van der Waals surface area contributed by atoms with Gasteiger partial charge < -0.3 is 11.1 Å². The van der Waals surface area contributed by atoms with E-state index in [0.29, 0.717) is 16.9 Å². The van der Waals surface area contributed by atoms with E-state index in [-0.39, 0.29) is 11.3 Å². The Labute approximate surface area is 119 Å². The summed E-state index contributed by atoms with van der Waals surface area (Å²) in [5.74, 6) is -0.159. The third kappa shape index (κ3) is 2.96. The lowest BCUT2D eigenvalue weighted by Crippen LogP contribution is -2.21. The molecule has 2 aromatic rings. The Kier molecular flexibility index (Phi) is 3.74. The molecule has 0 aliphatic carbocycles. The average molecular weight is 269 g/mol. The van der Waals surface area contributed by atoms with Crippen molar-refractivity contribution < 1.29 is 4.79 Å². The highest BCUT2D eigenvalue weighted by Gasteiger charge is 2.21. The fraction of sp³-hybridized carbons (Fsp3) is 0.250. The second-order valence-corrected chi connectivity index (χ2v) is 5.71. The highest BCUT2D eigenvalue weighted by atomic mass is 16.1. The molecular formula is C16H19N3O. The highest BCUT2D eigenvalue weighted by molar-refractivity contribution is 6.06. The number of rotatable bonds is 2. The van der Waals surface area contributed by atoms with Gasteiger partial charge in [-0.3, -0.25) is 9.78 Å². The molecule has 4 heteroatoms. The summed E-state index contributed by atoms with van der Waals surface area (Å²) in [5.41, 5.74) is 8.39. The molecule has 1 heterocycles. The molecule has 0 spiro atoms. The van der Waals surface area contributed by atoms with Gasteiger partial charge in [-0.2, -0.15) is 0 Å². The lowest BCUT2D eigenvalue weighted by Gasteiger charge is -2.22. The molecule has 0 aliphatic heterocycles. The Bertz CT molecular complexity index is 630. The molecule has 3 N–H and O–H groups in total. The largest absolute Gasteiger partial charge is 0.396 e. The van der Waals surface area contributed by atoms with Crippen molar-refractivity contribution in [1.29, 1.82) is 0 Å². The molecule has 0 unspecified atom stereocenters. The molecule has 4 nitrogen and oxygen atoms in total. The summed E-state index contributed by atoms with van der Waals surface area (Å²) in [6.07, 6.45) is 3.12. The van der Waals surface area contributed by atoms with Gasteiger partial charge in [0.15, 0.2) is 0 Å². The van der Waals surface area contributed by atoms with Crippen molar-refractivity contribution in [2.45, 2.75) is 26.2 Å². The van der Waals surface area contributed by atoms with Crippen LogP contribution in [0.2, 0.25) is 0 Å². The van der Waals surface area contributed by atoms with Gasteiger partial charge in [-0.15, -0.1) is 0 Å². The number of anilines is 2. The number of pyridine rings is 1. The quantitative estimate of drug-likeness (QED) is 0.879. The number of nitrogens with zero attached hydrogens (tertiary/aromatic N) is 1. The number of nitrogen functional groups attached to an aromatic ring is 1. The maximum absolute atomic E-state index is 12.4. The van der Waals surface area contributed by atoms with Crippen LogP contribution >= 0.6 is 0 Å². The molecule has 0 bridgehead atoms. The molecule has 20 heavy (non-hydrogen) atoms. The van der Waals surface area contributed by atoms with Gasteiger partial charge in [0.2, 0.25) is 0 Å². The number of nitrogens with one attached hydrogen (secondary N) is 1. The number of benzene rings is 1. The molecule has 0 fully saturated rings. The number of amides is 1. The highest BCUT2D eigenvalue weighted by Crippen LogP contribution is 2.26. The van der Waals surface area contributed by atoms with Gasteiger partial charge in [0.1, 0.15) is 0 Å². The molecule has 2 rings (SSSR count). The minimum Gasteiger partial charge on any atom is -0.396 e. The van der Waals surface area contributed by atoms with Crippen LogP contribution in [0, 0.1) is 0 Å². The SMILES string of the molecule is CC(C)(C)c1ccccc1C(=O)Nc1ccncc1N. The third-order valence-corrected chi connectivity index (χ3v) is 3.08. The zero-order valence-corrected chi connectivity index (χ0v) is 12.0. The molecule has 0 aliphatic rings.